The van der Waals surface area contributed by atoms with E-state index in [-0.39, 0.29) is 36.1 Å². The summed E-state index contributed by atoms with van der Waals surface area (Å²) < 4.78 is 5.07. The van der Waals surface area contributed by atoms with Crippen molar-refractivity contribution in [3.63, 3.8) is 0 Å². The smallest absolute Gasteiger partial charge is 0.229 e. The molecule has 1 aromatic carbocycles. The lowest BCUT2D eigenvalue weighted by molar-refractivity contribution is -0.130. The molecule has 1 heterocycles. The van der Waals surface area contributed by atoms with Crippen molar-refractivity contribution >= 4 is 29.1 Å². The maximum absolute atomic E-state index is 12.4. The number of likely N-dealkylation sites (tertiary alicyclic amines) is 1. The predicted molar refractivity (Wildman–Crippen MR) is 90.5 cm³/mol. The van der Waals surface area contributed by atoms with E-state index in [1.54, 1.807) is 36.3 Å². The van der Waals surface area contributed by atoms with Gasteiger partial charge in [0.25, 0.3) is 0 Å². The van der Waals surface area contributed by atoms with Crippen molar-refractivity contribution in [1.29, 1.82) is 0 Å². The first-order valence-electron chi connectivity index (χ1n) is 7.87. The second-order valence-electron chi connectivity index (χ2n) is 6.00. The summed E-state index contributed by atoms with van der Waals surface area (Å²) >= 11 is 0. The Morgan fingerprint density at radius 1 is 1.33 bits per heavy atom. The molecule has 24 heavy (non-hydrogen) atoms. The standard InChI is InChI=1S/C17H23N3O4/c1-11(10-24-3)20-9-13(7-16(20)22)17(23)19-15-6-4-5-14(8-15)18-12(2)21/h4-6,8,11,13H,7,9-10H2,1-3H3,(H,18,21)(H,19,23)/t11-,13+/m0/s1. The van der Waals surface area contributed by atoms with Gasteiger partial charge in [0.15, 0.2) is 0 Å². The lowest BCUT2D eigenvalue weighted by Crippen LogP contribution is -2.38. The summed E-state index contributed by atoms with van der Waals surface area (Å²) in [5.74, 6) is -0.800. The van der Waals surface area contributed by atoms with E-state index in [1.165, 1.54) is 6.92 Å². The maximum Gasteiger partial charge on any atom is 0.229 e. The summed E-state index contributed by atoms with van der Waals surface area (Å²) in [4.78, 5) is 37.3. The van der Waals surface area contributed by atoms with Gasteiger partial charge in [0, 0.05) is 38.4 Å². The third kappa shape index (κ3) is 4.55. The maximum atomic E-state index is 12.4. The minimum atomic E-state index is -0.388. The van der Waals surface area contributed by atoms with Crippen LogP contribution in [0.4, 0.5) is 11.4 Å². The van der Waals surface area contributed by atoms with Crippen LogP contribution in [-0.2, 0) is 19.1 Å². The molecule has 0 spiro atoms. The molecule has 0 saturated carbocycles. The van der Waals surface area contributed by atoms with Crippen molar-refractivity contribution in [1.82, 2.24) is 4.90 Å². The second kappa shape index (κ2) is 7.92. The first kappa shape index (κ1) is 17.9. The fraction of sp³-hybridized carbons (Fsp3) is 0.471. The summed E-state index contributed by atoms with van der Waals surface area (Å²) in [7, 11) is 1.59. The molecular formula is C17H23N3O4. The number of ether oxygens (including phenoxy) is 1. The highest BCUT2D eigenvalue weighted by molar-refractivity contribution is 5.98. The Hall–Kier alpha value is -2.41. The van der Waals surface area contributed by atoms with Crippen molar-refractivity contribution in [3.8, 4) is 0 Å². The Bertz CT molecular complexity index is 632. The van der Waals surface area contributed by atoms with Gasteiger partial charge in [-0.1, -0.05) is 6.07 Å². The number of amides is 3. The number of hydrogen-bond acceptors (Lipinski definition) is 4. The van der Waals surface area contributed by atoms with E-state index in [9.17, 15) is 14.4 Å². The largest absolute Gasteiger partial charge is 0.383 e. The van der Waals surface area contributed by atoms with Gasteiger partial charge < -0.3 is 20.3 Å². The van der Waals surface area contributed by atoms with Gasteiger partial charge in [0.2, 0.25) is 17.7 Å². The quantitative estimate of drug-likeness (QED) is 0.825. The number of anilines is 2. The Morgan fingerprint density at radius 2 is 2.00 bits per heavy atom. The third-order valence-electron chi connectivity index (χ3n) is 3.92. The van der Waals surface area contributed by atoms with E-state index in [1.807, 2.05) is 6.92 Å². The number of hydrogen-bond donors (Lipinski definition) is 2. The lowest BCUT2D eigenvalue weighted by atomic mass is 10.1. The van der Waals surface area contributed by atoms with Crippen molar-refractivity contribution < 1.29 is 19.1 Å². The molecule has 0 aromatic heterocycles. The minimum Gasteiger partial charge on any atom is -0.383 e. The third-order valence-corrected chi connectivity index (χ3v) is 3.92. The number of methoxy groups -OCH3 is 1. The molecule has 0 bridgehead atoms. The van der Waals surface area contributed by atoms with Crippen LogP contribution in [0.25, 0.3) is 0 Å². The Kier molecular flexibility index (Phi) is 5.92. The average Bonchev–Trinajstić information content (AvgIpc) is 2.89. The van der Waals surface area contributed by atoms with Crippen molar-refractivity contribution in [2.24, 2.45) is 5.92 Å². The number of nitrogens with zero attached hydrogens (tertiary/aromatic N) is 1. The van der Waals surface area contributed by atoms with Gasteiger partial charge in [-0.3, -0.25) is 14.4 Å². The molecule has 130 valence electrons. The van der Waals surface area contributed by atoms with Crippen LogP contribution < -0.4 is 10.6 Å². The van der Waals surface area contributed by atoms with E-state index < -0.39 is 0 Å². The monoisotopic (exact) mass is 333 g/mol. The van der Waals surface area contributed by atoms with Gasteiger partial charge in [0.05, 0.1) is 18.6 Å². The SMILES string of the molecule is COC[C@H](C)N1C[C@H](C(=O)Nc2cccc(NC(C)=O)c2)CC1=O. The van der Waals surface area contributed by atoms with Crippen LogP contribution >= 0.6 is 0 Å². The van der Waals surface area contributed by atoms with Gasteiger partial charge in [-0.25, -0.2) is 0 Å². The number of carbonyl (C=O) groups excluding carboxylic acids is 3. The van der Waals surface area contributed by atoms with Gasteiger partial charge in [0.1, 0.15) is 0 Å². The summed E-state index contributed by atoms with van der Waals surface area (Å²) in [6.45, 7) is 4.16. The fourth-order valence-corrected chi connectivity index (χ4v) is 2.79. The summed E-state index contributed by atoms with van der Waals surface area (Å²) in [5, 5.41) is 5.47. The molecule has 1 aliphatic rings. The average molecular weight is 333 g/mol. The zero-order chi connectivity index (χ0) is 17.7. The highest BCUT2D eigenvalue weighted by Gasteiger charge is 2.36. The summed E-state index contributed by atoms with van der Waals surface area (Å²) in [5.41, 5.74) is 1.19. The van der Waals surface area contributed by atoms with E-state index in [4.69, 9.17) is 4.74 Å². The Labute approximate surface area is 141 Å². The Balaban J connectivity index is 1.98. The first-order chi connectivity index (χ1) is 11.4. The number of nitrogens with one attached hydrogen (secondary N) is 2. The topological polar surface area (TPSA) is 87.7 Å². The number of rotatable bonds is 6. The molecule has 0 unspecified atom stereocenters. The normalized spacial score (nSPS) is 18.4. The van der Waals surface area contributed by atoms with Crippen LogP contribution in [-0.4, -0.2) is 48.9 Å². The molecule has 7 heteroatoms. The van der Waals surface area contributed by atoms with E-state index in [2.05, 4.69) is 10.6 Å². The molecule has 7 nitrogen and oxygen atoms in total. The van der Waals surface area contributed by atoms with Crippen LogP contribution in [0.1, 0.15) is 20.3 Å². The van der Waals surface area contributed by atoms with Crippen LogP contribution in [0, 0.1) is 5.92 Å². The van der Waals surface area contributed by atoms with Crippen LogP contribution in [0.3, 0.4) is 0 Å². The Morgan fingerprint density at radius 3 is 2.62 bits per heavy atom. The van der Waals surface area contributed by atoms with Gasteiger partial charge in [-0.15, -0.1) is 0 Å². The molecule has 1 fully saturated rings. The zero-order valence-electron chi connectivity index (χ0n) is 14.2. The predicted octanol–water partition coefficient (Wildman–Crippen LogP) is 1.47. The number of carbonyl (C=O) groups is 3. The molecule has 2 rings (SSSR count). The number of benzene rings is 1. The van der Waals surface area contributed by atoms with Gasteiger partial charge in [-0.2, -0.15) is 0 Å². The van der Waals surface area contributed by atoms with E-state index in [0.717, 1.165) is 0 Å². The van der Waals surface area contributed by atoms with Gasteiger partial charge in [-0.05, 0) is 25.1 Å². The molecule has 0 radical (unpaired) electrons. The van der Waals surface area contributed by atoms with Crippen molar-refractivity contribution in [2.45, 2.75) is 26.3 Å². The second-order valence-corrected chi connectivity index (χ2v) is 6.00. The molecule has 2 atom stereocenters. The van der Waals surface area contributed by atoms with E-state index in [0.29, 0.717) is 24.5 Å². The first-order valence-corrected chi connectivity index (χ1v) is 7.87. The highest BCUT2D eigenvalue weighted by atomic mass is 16.5. The van der Waals surface area contributed by atoms with Crippen LogP contribution in [0.15, 0.2) is 24.3 Å². The van der Waals surface area contributed by atoms with Gasteiger partial charge >= 0.3 is 0 Å². The minimum absolute atomic E-state index is 0.0355. The van der Waals surface area contributed by atoms with Crippen LogP contribution in [0.2, 0.25) is 0 Å². The lowest BCUT2D eigenvalue weighted by Gasteiger charge is -2.23. The molecule has 0 aliphatic carbocycles. The fourth-order valence-electron chi connectivity index (χ4n) is 2.79. The summed E-state index contributed by atoms with van der Waals surface area (Å²) in [6, 6.07) is 6.85. The van der Waals surface area contributed by atoms with E-state index >= 15 is 0 Å². The summed E-state index contributed by atoms with van der Waals surface area (Å²) in [6.07, 6.45) is 0.200. The molecule has 1 aliphatic heterocycles. The molecule has 1 aromatic rings. The highest BCUT2D eigenvalue weighted by Crippen LogP contribution is 2.23. The van der Waals surface area contributed by atoms with Crippen molar-refractivity contribution in [2.75, 3.05) is 30.9 Å². The molecule has 1 saturated heterocycles. The zero-order valence-corrected chi connectivity index (χ0v) is 14.2. The molecule has 3 amide bonds. The van der Waals surface area contributed by atoms with Crippen LogP contribution in [0.5, 0.6) is 0 Å². The van der Waals surface area contributed by atoms with Crippen molar-refractivity contribution in [3.05, 3.63) is 24.3 Å². The molecule has 2 N–H and O–H groups in total. The molecular weight excluding hydrogens is 310 g/mol.